The third-order valence-corrected chi connectivity index (χ3v) is 3.25. The molecule has 1 atom stereocenters. The summed E-state index contributed by atoms with van der Waals surface area (Å²) >= 11 is 0. The number of likely N-dealkylation sites (N-methyl/N-ethyl adjacent to an activating group) is 1. The van der Waals surface area contributed by atoms with Gasteiger partial charge in [-0.1, -0.05) is 13.8 Å². The van der Waals surface area contributed by atoms with Gasteiger partial charge in [0.1, 0.15) is 6.04 Å². The Kier molecular flexibility index (Phi) is 6.17. The minimum atomic E-state index is -1.05. The number of amides is 1. The van der Waals surface area contributed by atoms with E-state index in [1.165, 1.54) is 17.1 Å². The Morgan fingerprint density at radius 3 is 2.60 bits per heavy atom. The molecule has 1 aromatic rings. The number of carboxylic acids is 1. The van der Waals surface area contributed by atoms with Gasteiger partial charge in [-0.2, -0.15) is 5.10 Å². The van der Waals surface area contributed by atoms with Gasteiger partial charge < -0.3 is 15.3 Å². The number of nitrogens with one attached hydrogen (secondary N) is 1. The summed E-state index contributed by atoms with van der Waals surface area (Å²) in [5, 5.41) is 15.5. The molecule has 1 unspecified atom stereocenters. The van der Waals surface area contributed by atoms with Crippen molar-refractivity contribution in [1.29, 1.82) is 0 Å². The topological polar surface area (TPSA) is 87.5 Å². The summed E-state index contributed by atoms with van der Waals surface area (Å²) in [6.07, 6.45) is 2.60. The van der Waals surface area contributed by atoms with E-state index in [0.29, 0.717) is 6.54 Å². The van der Waals surface area contributed by atoms with Crippen LogP contribution in [0.2, 0.25) is 0 Å². The number of nitrogens with zero attached hydrogens (tertiary/aromatic N) is 3. The van der Waals surface area contributed by atoms with Crippen molar-refractivity contribution in [3.8, 4) is 0 Å². The number of hydrogen-bond donors (Lipinski definition) is 2. The van der Waals surface area contributed by atoms with E-state index in [2.05, 4.69) is 29.2 Å². The van der Waals surface area contributed by atoms with E-state index in [0.717, 1.165) is 19.6 Å². The minimum absolute atomic E-state index is 0.0767. The summed E-state index contributed by atoms with van der Waals surface area (Å²) in [6.45, 7) is 9.09. The van der Waals surface area contributed by atoms with E-state index in [1.807, 2.05) is 0 Å². The van der Waals surface area contributed by atoms with Crippen LogP contribution in [-0.2, 0) is 4.79 Å². The number of rotatable bonds is 8. The molecule has 0 saturated heterocycles. The lowest BCUT2D eigenvalue weighted by atomic mass is 10.3. The van der Waals surface area contributed by atoms with Crippen LogP contribution < -0.4 is 5.32 Å². The van der Waals surface area contributed by atoms with Crippen molar-refractivity contribution in [2.75, 3.05) is 26.2 Å². The molecule has 0 aliphatic rings. The highest BCUT2D eigenvalue weighted by molar-refractivity contribution is 5.87. The van der Waals surface area contributed by atoms with Crippen LogP contribution in [0.3, 0.4) is 0 Å². The van der Waals surface area contributed by atoms with Gasteiger partial charge in [-0.15, -0.1) is 0 Å². The van der Waals surface area contributed by atoms with Crippen LogP contribution in [0, 0.1) is 0 Å². The smallest absolute Gasteiger partial charge is 0.338 e. The molecule has 112 valence electrons. The Morgan fingerprint density at radius 2 is 2.10 bits per heavy atom. The summed E-state index contributed by atoms with van der Waals surface area (Å²) in [6, 6.07) is -0.528. The van der Waals surface area contributed by atoms with Gasteiger partial charge in [0.15, 0.2) is 0 Å². The number of aromatic carboxylic acids is 1. The molecule has 1 aromatic heterocycles. The van der Waals surface area contributed by atoms with Gasteiger partial charge >= 0.3 is 5.97 Å². The third-order valence-electron chi connectivity index (χ3n) is 3.25. The number of hydrogen-bond acceptors (Lipinski definition) is 4. The van der Waals surface area contributed by atoms with Crippen LogP contribution in [-0.4, -0.2) is 57.8 Å². The molecule has 0 fully saturated rings. The van der Waals surface area contributed by atoms with Crippen molar-refractivity contribution in [3.05, 3.63) is 18.0 Å². The van der Waals surface area contributed by atoms with Gasteiger partial charge in [-0.25, -0.2) is 4.79 Å². The molecule has 0 spiro atoms. The number of carboxylic acid groups (broad SMARTS) is 1. The van der Waals surface area contributed by atoms with E-state index in [1.54, 1.807) is 6.92 Å². The Balaban J connectivity index is 2.47. The molecule has 0 aliphatic carbocycles. The maximum absolute atomic E-state index is 11.9. The Morgan fingerprint density at radius 1 is 1.45 bits per heavy atom. The lowest BCUT2D eigenvalue weighted by Crippen LogP contribution is -2.37. The second kappa shape index (κ2) is 7.64. The fraction of sp³-hybridized carbons (Fsp3) is 0.615. The molecule has 20 heavy (non-hydrogen) atoms. The number of carbonyl (C=O) groups is 2. The molecule has 7 nitrogen and oxygen atoms in total. The second-order valence-corrected chi connectivity index (χ2v) is 4.51. The lowest BCUT2D eigenvalue weighted by Gasteiger charge is -2.19. The largest absolute Gasteiger partial charge is 0.478 e. The molecular formula is C13H22N4O3. The number of carbonyl (C=O) groups excluding carboxylic acids is 1. The SMILES string of the molecule is CCN(CC)CCNC(=O)C(C)n1cc(C(=O)O)cn1. The van der Waals surface area contributed by atoms with E-state index in [-0.39, 0.29) is 11.5 Å². The maximum atomic E-state index is 11.9. The Labute approximate surface area is 118 Å². The van der Waals surface area contributed by atoms with Gasteiger partial charge in [0.25, 0.3) is 0 Å². The zero-order chi connectivity index (χ0) is 15.1. The molecule has 0 bridgehead atoms. The van der Waals surface area contributed by atoms with Gasteiger partial charge in [-0.05, 0) is 20.0 Å². The summed E-state index contributed by atoms with van der Waals surface area (Å²) < 4.78 is 1.36. The first-order chi connectivity index (χ1) is 9.49. The molecule has 2 N–H and O–H groups in total. The average molecular weight is 282 g/mol. The molecule has 1 heterocycles. The van der Waals surface area contributed by atoms with Crippen LogP contribution in [0.1, 0.15) is 37.2 Å². The van der Waals surface area contributed by atoms with Crippen LogP contribution >= 0.6 is 0 Å². The molecule has 0 saturated carbocycles. The standard InChI is InChI=1S/C13H22N4O3/c1-4-16(5-2)7-6-14-12(18)10(3)17-9-11(8-15-17)13(19)20/h8-10H,4-7H2,1-3H3,(H,14,18)(H,19,20). The van der Waals surface area contributed by atoms with Crippen molar-refractivity contribution in [2.24, 2.45) is 0 Å². The monoisotopic (exact) mass is 282 g/mol. The second-order valence-electron chi connectivity index (χ2n) is 4.51. The van der Waals surface area contributed by atoms with Crippen molar-refractivity contribution in [1.82, 2.24) is 20.0 Å². The van der Waals surface area contributed by atoms with Crippen LogP contribution in [0.15, 0.2) is 12.4 Å². The van der Waals surface area contributed by atoms with Crippen molar-refractivity contribution in [2.45, 2.75) is 26.8 Å². The molecule has 0 radical (unpaired) electrons. The highest BCUT2D eigenvalue weighted by Gasteiger charge is 2.17. The molecular weight excluding hydrogens is 260 g/mol. The first kappa shape index (κ1) is 16.2. The van der Waals surface area contributed by atoms with E-state index < -0.39 is 12.0 Å². The van der Waals surface area contributed by atoms with Crippen LogP contribution in [0.4, 0.5) is 0 Å². The van der Waals surface area contributed by atoms with Crippen molar-refractivity contribution >= 4 is 11.9 Å². The van der Waals surface area contributed by atoms with E-state index >= 15 is 0 Å². The molecule has 0 aromatic carbocycles. The van der Waals surface area contributed by atoms with Gasteiger partial charge in [0.05, 0.1) is 11.8 Å². The fourth-order valence-corrected chi connectivity index (χ4v) is 1.81. The first-order valence-electron chi connectivity index (χ1n) is 6.77. The molecule has 0 aliphatic heterocycles. The predicted octanol–water partition coefficient (Wildman–Crippen LogP) is 0.600. The minimum Gasteiger partial charge on any atom is -0.478 e. The average Bonchev–Trinajstić information content (AvgIpc) is 2.92. The highest BCUT2D eigenvalue weighted by atomic mass is 16.4. The fourth-order valence-electron chi connectivity index (χ4n) is 1.81. The lowest BCUT2D eigenvalue weighted by molar-refractivity contribution is -0.124. The normalized spacial score (nSPS) is 12.4. The van der Waals surface area contributed by atoms with E-state index in [9.17, 15) is 9.59 Å². The first-order valence-corrected chi connectivity index (χ1v) is 6.77. The summed E-state index contributed by atoms with van der Waals surface area (Å²) in [4.78, 5) is 24.9. The zero-order valence-electron chi connectivity index (χ0n) is 12.2. The molecule has 7 heteroatoms. The van der Waals surface area contributed by atoms with Gasteiger partial charge in [0.2, 0.25) is 5.91 Å². The summed E-state index contributed by atoms with van der Waals surface area (Å²) in [5.74, 6) is -1.22. The van der Waals surface area contributed by atoms with Gasteiger partial charge in [-0.3, -0.25) is 9.48 Å². The summed E-state index contributed by atoms with van der Waals surface area (Å²) in [5.41, 5.74) is 0.0767. The quantitative estimate of drug-likeness (QED) is 0.729. The van der Waals surface area contributed by atoms with Crippen molar-refractivity contribution < 1.29 is 14.7 Å². The Hall–Kier alpha value is -1.89. The van der Waals surface area contributed by atoms with Crippen molar-refractivity contribution in [3.63, 3.8) is 0 Å². The molecule has 1 rings (SSSR count). The van der Waals surface area contributed by atoms with Gasteiger partial charge in [0, 0.05) is 19.3 Å². The number of aromatic nitrogens is 2. The predicted molar refractivity (Wildman–Crippen MR) is 74.7 cm³/mol. The van der Waals surface area contributed by atoms with E-state index in [4.69, 9.17) is 5.11 Å². The highest BCUT2D eigenvalue weighted by Crippen LogP contribution is 2.06. The third kappa shape index (κ3) is 4.34. The van der Waals surface area contributed by atoms with Crippen LogP contribution in [0.5, 0.6) is 0 Å². The maximum Gasteiger partial charge on any atom is 0.338 e. The zero-order valence-corrected chi connectivity index (χ0v) is 12.2. The Bertz CT molecular complexity index is 454. The summed E-state index contributed by atoms with van der Waals surface area (Å²) in [7, 11) is 0. The van der Waals surface area contributed by atoms with Crippen LogP contribution in [0.25, 0.3) is 0 Å². The molecule has 1 amide bonds.